The maximum absolute atomic E-state index is 12.2. The van der Waals surface area contributed by atoms with E-state index >= 15 is 0 Å². The molecule has 3 rings (SSSR count). The van der Waals surface area contributed by atoms with E-state index in [9.17, 15) is 4.79 Å². The Morgan fingerprint density at radius 1 is 1.09 bits per heavy atom. The minimum atomic E-state index is -0.122. The molecule has 1 N–H and O–H groups in total. The lowest BCUT2D eigenvalue weighted by atomic mass is 10.1. The average molecular weight is 309 g/mol. The summed E-state index contributed by atoms with van der Waals surface area (Å²) < 4.78 is 0. The summed E-state index contributed by atoms with van der Waals surface area (Å²) in [4.78, 5) is 19.0. The zero-order valence-corrected chi connectivity index (χ0v) is 13.6. The van der Waals surface area contributed by atoms with Crippen LogP contribution in [0.1, 0.15) is 41.6 Å². The standard InChI is InChI=1S/C19H23N3O/c1-15-7-6-8-16(13-15)19(23)21-18-10-9-17(14-20-18)22-11-4-2-3-5-12-22/h6-10,13-14H,2-5,11-12H2,1H3,(H,20,21,23). The van der Waals surface area contributed by atoms with E-state index in [1.165, 1.54) is 25.7 Å². The molecule has 0 bridgehead atoms. The molecule has 4 nitrogen and oxygen atoms in total. The van der Waals surface area contributed by atoms with Crippen molar-refractivity contribution < 1.29 is 4.79 Å². The highest BCUT2D eigenvalue weighted by Gasteiger charge is 2.11. The van der Waals surface area contributed by atoms with E-state index in [4.69, 9.17) is 0 Å². The van der Waals surface area contributed by atoms with Gasteiger partial charge < -0.3 is 10.2 Å². The number of hydrogen-bond acceptors (Lipinski definition) is 3. The Morgan fingerprint density at radius 3 is 2.52 bits per heavy atom. The summed E-state index contributed by atoms with van der Waals surface area (Å²) in [6, 6.07) is 11.5. The van der Waals surface area contributed by atoms with Crippen LogP contribution in [0.4, 0.5) is 11.5 Å². The van der Waals surface area contributed by atoms with Gasteiger partial charge in [-0.1, -0.05) is 30.5 Å². The second-order valence-electron chi connectivity index (χ2n) is 6.13. The first-order valence-corrected chi connectivity index (χ1v) is 8.31. The Morgan fingerprint density at radius 2 is 1.87 bits per heavy atom. The van der Waals surface area contributed by atoms with Crippen LogP contribution in [-0.2, 0) is 0 Å². The molecule has 1 aromatic heterocycles. The molecule has 0 aliphatic carbocycles. The van der Waals surface area contributed by atoms with Gasteiger partial charge in [0.25, 0.3) is 5.91 Å². The summed E-state index contributed by atoms with van der Waals surface area (Å²) in [6.45, 7) is 4.17. The van der Waals surface area contributed by atoms with Crippen LogP contribution < -0.4 is 10.2 Å². The molecule has 4 heteroatoms. The van der Waals surface area contributed by atoms with Crippen molar-refractivity contribution in [1.82, 2.24) is 4.98 Å². The van der Waals surface area contributed by atoms with Crippen LogP contribution in [-0.4, -0.2) is 24.0 Å². The molecule has 1 aromatic carbocycles. The van der Waals surface area contributed by atoms with Crippen molar-refractivity contribution in [2.24, 2.45) is 0 Å². The average Bonchev–Trinajstić information content (AvgIpc) is 2.85. The third-order valence-corrected chi connectivity index (χ3v) is 4.24. The van der Waals surface area contributed by atoms with E-state index in [1.807, 2.05) is 49.5 Å². The molecule has 1 fully saturated rings. The number of pyridine rings is 1. The first kappa shape index (κ1) is 15.5. The zero-order chi connectivity index (χ0) is 16.1. The Kier molecular flexibility index (Phi) is 4.91. The highest BCUT2D eigenvalue weighted by Crippen LogP contribution is 2.20. The van der Waals surface area contributed by atoms with Gasteiger partial charge in [0.2, 0.25) is 0 Å². The van der Waals surface area contributed by atoms with Gasteiger partial charge in [0.05, 0.1) is 11.9 Å². The van der Waals surface area contributed by atoms with E-state index < -0.39 is 0 Å². The topological polar surface area (TPSA) is 45.2 Å². The van der Waals surface area contributed by atoms with Crippen molar-refractivity contribution in [3.63, 3.8) is 0 Å². The van der Waals surface area contributed by atoms with Crippen LogP contribution in [0.5, 0.6) is 0 Å². The van der Waals surface area contributed by atoms with Gasteiger partial charge in [-0.05, 0) is 44.0 Å². The predicted molar refractivity (Wildman–Crippen MR) is 94.1 cm³/mol. The van der Waals surface area contributed by atoms with Gasteiger partial charge in [-0.3, -0.25) is 4.79 Å². The monoisotopic (exact) mass is 309 g/mol. The van der Waals surface area contributed by atoms with Gasteiger partial charge in [-0.15, -0.1) is 0 Å². The first-order valence-electron chi connectivity index (χ1n) is 8.31. The summed E-state index contributed by atoms with van der Waals surface area (Å²) in [5.74, 6) is 0.471. The number of nitrogens with one attached hydrogen (secondary N) is 1. The Bertz CT molecular complexity index is 659. The third-order valence-electron chi connectivity index (χ3n) is 4.24. The van der Waals surface area contributed by atoms with Gasteiger partial charge in [0.15, 0.2) is 0 Å². The minimum Gasteiger partial charge on any atom is -0.370 e. The van der Waals surface area contributed by atoms with Crippen LogP contribution in [0.2, 0.25) is 0 Å². The van der Waals surface area contributed by atoms with E-state index in [-0.39, 0.29) is 5.91 Å². The van der Waals surface area contributed by atoms with Crippen molar-refractivity contribution in [2.45, 2.75) is 32.6 Å². The van der Waals surface area contributed by atoms with Crippen LogP contribution in [0.25, 0.3) is 0 Å². The second kappa shape index (κ2) is 7.27. The Hall–Kier alpha value is -2.36. The van der Waals surface area contributed by atoms with Crippen LogP contribution in [0, 0.1) is 6.92 Å². The number of hydrogen-bond donors (Lipinski definition) is 1. The molecule has 0 radical (unpaired) electrons. The Labute approximate surface area is 137 Å². The molecular formula is C19H23N3O. The zero-order valence-electron chi connectivity index (χ0n) is 13.6. The highest BCUT2D eigenvalue weighted by atomic mass is 16.1. The fourth-order valence-corrected chi connectivity index (χ4v) is 2.95. The first-order chi connectivity index (χ1) is 11.2. The number of amides is 1. The number of carbonyl (C=O) groups excluding carboxylic acids is 1. The fourth-order valence-electron chi connectivity index (χ4n) is 2.95. The van der Waals surface area contributed by atoms with E-state index in [0.717, 1.165) is 24.3 Å². The number of benzene rings is 1. The molecule has 1 aliphatic heterocycles. The van der Waals surface area contributed by atoms with Gasteiger partial charge >= 0.3 is 0 Å². The number of aryl methyl sites for hydroxylation is 1. The molecular weight excluding hydrogens is 286 g/mol. The third kappa shape index (κ3) is 4.09. The van der Waals surface area contributed by atoms with Crippen molar-refractivity contribution in [1.29, 1.82) is 0 Å². The highest BCUT2D eigenvalue weighted by molar-refractivity contribution is 6.03. The van der Waals surface area contributed by atoms with Crippen molar-refractivity contribution in [3.05, 3.63) is 53.7 Å². The molecule has 23 heavy (non-hydrogen) atoms. The molecule has 120 valence electrons. The minimum absolute atomic E-state index is 0.122. The van der Waals surface area contributed by atoms with Crippen LogP contribution in [0.3, 0.4) is 0 Å². The number of aromatic nitrogens is 1. The molecule has 2 heterocycles. The van der Waals surface area contributed by atoms with Crippen LogP contribution >= 0.6 is 0 Å². The van der Waals surface area contributed by atoms with E-state index in [1.54, 1.807) is 0 Å². The number of rotatable bonds is 3. The molecule has 1 aliphatic rings. The van der Waals surface area contributed by atoms with E-state index in [2.05, 4.69) is 15.2 Å². The predicted octanol–water partition coefficient (Wildman–Crippen LogP) is 4.02. The van der Waals surface area contributed by atoms with Crippen LogP contribution in [0.15, 0.2) is 42.6 Å². The lowest BCUT2D eigenvalue weighted by Gasteiger charge is -2.22. The quantitative estimate of drug-likeness (QED) is 0.931. The fraction of sp³-hybridized carbons (Fsp3) is 0.368. The van der Waals surface area contributed by atoms with Crippen molar-refractivity contribution >= 4 is 17.4 Å². The largest absolute Gasteiger partial charge is 0.370 e. The number of anilines is 2. The second-order valence-corrected chi connectivity index (χ2v) is 6.13. The van der Waals surface area contributed by atoms with Crippen molar-refractivity contribution in [3.8, 4) is 0 Å². The van der Waals surface area contributed by atoms with Gasteiger partial charge in [-0.2, -0.15) is 0 Å². The lowest BCUT2D eigenvalue weighted by molar-refractivity contribution is 0.102. The SMILES string of the molecule is Cc1cccc(C(=O)Nc2ccc(N3CCCCCC3)cn2)c1. The van der Waals surface area contributed by atoms with Gasteiger partial charge in [0, 0.05) is 18.7 Å². The molecule has 0 saturated carbocycles. The Balaban J connectivity index is 1.66. The summed E-state index contributed by atoms with van der Waals surface area (Å²) >= 11 is 0. The molecule has 0 spiro atoms. The molecule has 2 aromatic rings. The summed E-state index contributed by atoms with van der Waals surface area (Å²) in [6.07, 6.45) is 6.97. The van der Waals surface area contributed by atoms with Gasteiger partial charge in [-0.25, -0.2) is 4.98 Å². The van der Waals surface area contributed by atoms with E-state index in [0.29, 0.717) is 11.4 Å². The smallest absolute Gasteiger partial charge is 0.256 e. The van der Waals surface area contributed by atoms with Crippen molar-refractivity contribution in [2.75, 3.05) is 23.3 Å². The number of nitrogens with zero attached hydrogens (tertiary/aromatic N) is 2. The van der Waals surface area contributed by atoms with Gasteiger partial charge in [0.1, 0.15) is 5.82 Å². The summed E-state index contributed by atoms with van der Waals surface area (Å²) in [5, 5.41) is 2.86. The molecule has 0 atom stereocenters. The normalized spacial score (nSPS) is 15.1. The molecule has 1 amide bonds. The summed E-state index contributed by atoms with van der Waals surface area (Å²) in [5.41, 5.74) is 2.87. The molecule has 0 unspecified atom stereocenters. The summed E-state index contributed by atoms with van der Waals surface area (Å²) in [7, 11) is 0. The maximum Gasteiger partial charge on any atom is 0.256 e. The maximum atomic E-state index is 12.2. The number of carbonyl (C=O) groups is 1. The molecule has 1 saturated heterocycles. The lowest BCUT2D eigenvalue weighted by Crippen LogP contribution is -2.24.